The van der Waals surface area contributed by atoms with E-state index in [-0.39, 0.29) is 10.8 Å². The van der Waals surface area contributed by atoms with Gasteiger partial charge in [0.15, 0.2) is 0 Å². The van der Waals surface area contributed by atoms with E-state index in [0.29, 0.717) is 6.61 Å². The highest BCUT2D eigenvalue weighted by molar-refractivity contribution is 5.32. The number of nitrogens with zero attached hydrogens (tertiary/aromatic N) is 2. The van der Waals surface area contributed by atoms with Gasteiger partial charge < -0.3 is 4.74 Å². The largest absolute Gasteiger partial charge is 0.376 e. The molecule has 0 bridgehead atoms. The molecule has 0 saturated heterocycles. The van der Waals surface area contributed by atoms with Crippen molar-refractivity contribution in [1.82, 2.24) is 9.97 Å². The first-order valence-electron chi connectivity index (χ1n) is 6.68. The van der Waals surface area contributed by atoms with Crippen LogP contribution in [0.15, 0.2) is 0 Å². The number of rotatable bonds is 0. The minimum atomic E-state index is -0.00661. The second-order valence-electron chi connectivity index (χ2n) is 7.12. The Labute approximate surface area is 110 Å². The lowest BCUT2D eigenvalue weighted by Crippen LogP contribution is -2.28. The van der Waals surface area contributed by atoms with Crippen molar-refractivity contribution in [1.29, 1.82) is 0 Å². The van der Waals surface area contributed by atoms with E-state index in [0.717, 1.165) is 24.5 Å². The van der Waals surface area contributed by atoms with E-state index >= 15 is 0 Å². The Morgan fingerprint density at radius 1 is 0.944 bits per heavy atom. The summed E-state index contributed by atoms with van der Waals surface area (Å²) in [5, 5.41) is 0. The van der Waals surface area contributed by atoms with Crippen LogP contribution in [0.25, 0.3) is 0 Å². The molecule has 0 aliphatic carbocycles. The van der Waals surface area contributed by atoms with Gasteiger partial charge in [-0.2, -0.15) is 0 Å². The van der Waals surface area contributed by atoms with E-state index in [9.17, 15) is 0 Å². The van der Waals surface area contributed by atoms with Crippen molar-refractivity contribution in [2.75, 3.05) is 6.61 Å². The van der Waals surface area contributed by atoms with Gasteiger partial charge in [0.25, 0.3) is 0 Å². The Morgan fingerprint density at radius 2 is 1.61 bits per heavy atom. The highest BCUT2D eigenvalue weighted by Gasteiger charge is 2.28. The van der Waals surface area contributed by atoms with Crippen LogP contribution in [0.1, 0.15) is 64.3 Å². The summed E-state index contributed by atoms with van der Waals surface area (Å²) in [4.78, 5) is 9.61. The normalized spacial score (nSPS) is 16.6. The quantitative estimate of drug-likeness (QED) is 0.707. The lowest BCUT2D eigenvalue weighted by Gasteiger charge is -2.29. The fourth-order valence-electron chi connectivity index (χ4n) is 2.19. The van der Waals surface area contributed by atoms with Gasteiger partial charge in [0.1, 0.15) is 5.82 Å². The maximum atomic E-state index is 5.58. The standard InChI is InChI=1S/C15H24N2O/c1-14(2,3)12-10-9-18-8-7-11(10)16-13(17-12)15(4,5)6/h7-9H2,1-6H3. The summed E-state index contributed by atoms with van der Waals surface area (Å²) in [7, 11) is 0. The van der Waals surface area contributed by atoms with Crippen LogP contribution in [-0.2, 0) is 28.6 Å². The third kappa shape index (κ3) is 2.56. The van der Waals surface area contributed by atoms with Crippen LogP contribution in [0.5, 0.6) is 0 Å². The summed E-state index contributed by atoms with van der Waals surface area (Å²) in [5.41, 5.74) is 3.58. The predicted octanol–water partition coefficient (Wildman–Crippen LogP) is 3.14. The van der Waals surface area contributed by atoms with Crippen LogP contribution in [0, 0.1) is 0 Å². The topological polar surface area (TPSA) is 35.0 Å². The second kappa shape index (κ2) is 4.30. The van der Waals surface area contributed by atoms with Gasteiger partial charge in [-0.05, 0) is 0 Å². The summed E-state index contributed by atoms with van der Waals surface area (Å²) in [6.07, 6.45) is 0.907. The summed E-state index contributed by atoms with van der Waals surface area (Å²) < 4.78 is 5.58. The molecule has 100 valence electrons. The SMILES string of the molecule is CC(C)(C)c1nc2c(c(C(C)(C)C)n1)COCC2. The molecular formula is C15H24N2O. The van der Waals surface area contributed by atoms with Gasteiger partial charge in [-0.1, -0.05) is 41.5 Å². The molecule has 3 nitrogen and oxygen atoms in total. The molecule has 1 aliphatic heterocycles. The molecule has 18 heavy (non-hydrogen) atoms. The molecule has 0 atom stereocenters. The highest BCUT2D eigenvalue weighted by Crippen LogP contribution is 2.31. The Balaban J connectivity index is 2.63. The smallest absolute Gasteiger partial charge is 0.134 e. The Bertz CT molecular complexity index is 453. The van der Waals surface area contributed by atoms with Crippen LogP contribution >= 0.6 is 0 Å². The zero-order valence-electron chi connectivity index (χ0n) is 12.4. The van der Waals surface area contributed by atoms with Crippen LogP contribution in [0.4, 0.5) is 0 Å². The van der Waals surface area contributed by atoms with Crippen molar-refractivity contribution in [3.63, 3.8) is 0 Å². The first kappa shape index (κ1) is 13.5. The third-order valence-corrected chi connectivity index (χ3v) is 3.20. The number of fused-ring (bicyclic) bond motifs is 1. The first-order chi connectivity index (χ1) is 8.19. The average Bonchev–Trinajstić information content (AvgIpc) is 2.25. The fraction of sp³-hybridized carbons (Fsp3) is 0.733. The van der Waals surface area contributed by atoms with Crippen LogP contribution < -0.4 is 0 Å². The molecule has 0 aromatic carbocycles. The molecule has 1 aromatic rings. The molecular weight excluding hydrogens is 224 g/mol. The van der Waals surface area contributed by atoms with Gasteiger partial charge in [0.05, 0.1) is 24.6 Å². The van der Waals surface area contributed by atoms with Crippen LogP contribution in [0.2, 0.25) is 0 Å². The monoisotopic (exact) mass is 248 g/mol. The Morgan fingerprint density at radius 3 is 2.17 bits per heavy atom. The number of hydrogen-bond donors (Lipinski definition) is 0. The lowest BCUT2D eigenvalue weighted by atomic mass is 9.86. The zero-order chi connectivity index (χ0) is 13.6. The molecule has 1 aliphatic rings. The van der Waals surface area contributed by atoms with E-state index < -0.39 is 0 Å². The molecule has 0 radical (unpaired) electrons. The summed E-state index contributed by atoms with van der Waals surface area (Å²) >= 11 is 0. The van der Waals surface area contributed by atoms with Crippen molar-refractivity contribution < 1.29 is 4.74 Å². The van der Waals surface area contributed by atoms with Gasteiger partial charge in [0, 0.05) is 22.8 Å². The second-order valence-corrected chi connectivity index (χ2v) is 7.12. The molecule has 2 rings (SSSR count). The minimum Gasteiger partial charge on any atom is -0.376 e. The molecule has 1 aromatic heterocycles. The molecule has 0 spiro atoms. The van der Waals surface area contributed by atoms with E-state index in [1.54, 1.807) is 0 Å². The first-order valence-corrected chi connectivity index (χ1v) is 6.68. The lowest BCUT2D eigenvalue weighted by molar-refractivity contribution is 0.106. The van der Waals surface area contributed by atoms with E-state index in [4.69, 9.17) is 14.7 Å². The van der Waals surface area contributed by atoms with Crippen molar-refractivity contribution in [3.05, 3.63) is 22.8 Å². The van der Waals surface area contributed by atoms with Gasteiger partial charge in [-0.15, -0.1) is 0 Å². The zero-order valence-corrected chi connectivity index (χ0v) is 12.4. The van der Waals surface area contributed by atoms with Crippen molar-refractivity contribution in [2.45, 2.75) is 65.4 Å². The summed E-state index contributed by atoms with van der Waals surface area (Å²) in [5.74, 6) is 0.952. The van der Waals surface area contributed by atoms with Gasteiger partial charge in [-0.25, -0.2) is 9.97 Å². The van der Waals surface area contributed by atoms with E-state index in [2.05, 4.69) is 41.5 Å². The molecule has 0 N–H and O–H groups in total. The van der Waals surface area contributed by atoms with Gasteiger partial charge in [-0.3, -0.25) is 0 Å². The molecule has 0 saturated carbocycles. The molecule has 2 heterocycles. The average molecular weight is 248 g/mol. The van der Waals surface area contributed by atoms with E-state index in [1.807, 2.05) is 0 Å². The molecule has 3 heteroatoms. The van der Waals surface area contributed by atoms with Gasteiger partial charge >= 0.3 is 0 Å². The van der Waals surface area contributed by atoms with Crippen molar-refractivity contribution in [3.8, 4) is 0 Å². The molecule has 0 fully saturated rings. The maximum Gasteiger partial charge on any atom is 0.134 e. The Kier molecular flexibility index (Phi) is 3.22. The van der Waals surface area contributed by atoms with Gasteiger partial charge in [0.2, 0.25) is 0 Å². The highest BCUT2D eigenvalue weighted by atomic mass is 16.5. The fourth-order valence-corrected chi connectivity index (χ4v) is 2.19. The number of ether oxygens (including phenoxy) is 1. The predicted molar refractivity (Wildman–Crippen MR) is 72.8 cm³/mol. The van der Waals surface area contributed by atoms with Crippen LogP contribution in [-0.4, -0.2) is 16.6 Å². The van der Waals surface area contributed by atoms with Crippen molar-refractivity contribution >= 4 is 0 Å². The van der Waals surface area contributed by atoms with Crippen LogP contribution in [0.3, 0.4) is 0 Å². The maximum absolute atomic E-state index is 5.58. The van der Waals surface area contributed by atoms with Crippen molar-refractivity contribution in [2.24, 2.45) is 0 Å². The molecule has 0 amide bonds. The molecule has 0 unspecified atom stereocenters. The number of hydrogen-bond acceptors (Lipinski definition) is 3. The Hall–Kier alpha value is -0.960. The minimum absolute atomic E-state index is 0.00661. The summed E-state index contributed by atoms with van der Waals surface area (Å²) in [6, 6.07) is 0. The van der Waals surface area contributed by atoms with E-state index in [1.165, 1.54) is 11.3 Å². The third-order valence-electron chi connectivity index (χ3n) is 3.20. The number of aromatic nitrogens is 2. The summed E-state index contributed by atoms with van der Waals surface area (Å²) in [6.45, 7) is 14.6.